The lowest BCUT2D eigenvalue weighted by Crippen LogP contribution is -2.24. The molecule has 1 N–H and O–H groups in total. The number of rotatable bonds is 6. The Balaban J connectivity index is 1.81. The highest BCUT2D eigenvalue weighted by atomic mass is 79.9. The van der Waals surface area contributed by atoms with Crippen molar-refractivity contribution in [1.29, 1.82) is 0 Å². The highest BCUT2D eigenvalue weighted by Crippen LogP contribution is 2.26. The number of thiophene rings is 1. The van der Waals surface area contributed by atoms with Crippen LogP contribution >= 0.6 is 27.3 Å². The number of halogens is 1. The number of benzene rings is 1. The Kier molecular flexibility index (Phi) is 5.95. The van der Waals surface area contributed by atoms with Crippen LogP contribution in [0.25, 0.3) is 0 Å². The summed E-state index contributed by atoms with van der Waals surface area (Å²) in [7, 11) is 0. The van der Waals surface area contributed by atoms with Crippen LogP contribution < -0.4 is 10.2 Å². The van der Waals surface area contributed by atoms with E-state index in [0.717, 1.165) is 16.5 Å². The quantitative estimate of drug-likeness (QED) is 0.627. The molecule has 0 bridgehead atoms. The molecule has 110 valence electrons. The molecule has 1 aromatic heterocycles. The molecule has 1 aromatic carbocycles. The molecule has 0 aliphatic carbocycles. The largest absolute Gasteiger partial charge is 0.483 e. The van der Waals surface area contributed by atoms with Crippen LogP contribution in [0.4, 0.5) is 0 Å². The molecule has 0 spiro atoms. The standard InChI is InChI=1S/C15H15BrN2O2S/c1-2-11-3-4-14(13(16)7-11)20-9-15(19)18-17-8-12-5-6-21-10-12/h3-8,10H,2,9H2,1H3,(H,18,19). The van der Waals surface area contributed by atoms with E-state index in [0.29, 0.717) is 5.75 Å². The van der Waals surface area contributed by atoms with Crippen LogP contribution in [0.15, 0.2) is 44.6 Å². The predicted molar refractivity (Wildman–Crippen MR) is 89.1 cm³/mol. The third-order valence-electron chi connectivity index (χ3n) is 2.71. The first-order valence-electron chi connectivity index (χ1n) is 6.44. The van der Waals surface area contributed by atoms with Gasteiger partial charge in [0.2, 0.25) is 0 Å². The first-order chi connectivity index (χ1) is 10.2. The molecule has 1 heterocycles. The fraction of sp³-hybridized carbons (Fsp3) is 0.200. The fourth-order valence-electron chi connectivity index (χ4n) is 1.58. The minimum atomic E-state index is -0.298. The second-order valence-electron chi connectivity index (χ2n) is 4.26. The summed E-state index contributed by atoms with van der Waals surface area (Å²) in [5.41, 5.74) is 4.59. The van der Waals surface area contributed by atoms with Gasteiger partial charge in [0.05, 0.1) is 10.7 Å². The van der Waals surface area contributed by atoms with Crippen molar-refractivity contribution in [3.05, 3.63) is 50.6 Å². The number of carbonyl (C=O) groups is 1. The van der Waals surface area contributed by atoms with Crippen LogP contribution in [0.3, 0.4) is 0 Å². The monoisotopic (exact) mass is 366 g/mol. The van der Waals surface area contributed by atoms with Crippen molar-refractivity contribution in [3.63, 3.8) is 0 Å². The summed E-state index contributed by atoms with van der Waals surface area (Å²) in [4.78, 5) is 11.6. The van der Waals surface area contributed by atoms with Gasteiger partial charge in [0, 0.05) is 5.56 Å². The van der Waals surface area contributed by atoms with Crippen LogP contribution in [0.1, 0.15) is 18.1 Å². The Labute approximate surface area is 136 Å². The third-order valence-corrected chi connectivity index (χ3v) is 4.03. The molecule has 0 aliphatic rings. The summed E-state index contributed by atoms with van der Waals surface area (Å²) in [5, 5.41) is 7.76. The molecule has 0 radical (unpaired) electrons. The van der Waals surface area contributed by atoms with Crippen LogP contribution in [-0.2, 0) is 11.2 Å². The van der Waals surface area contributed by atoms with Gasteiger partial charge in [0.25, 0.3) is 5.91 Å². The maximum atomic E-state index is 11.6. The smallest absolute Gasteiger partial charge is 0.277 e. The molecule has 0 fully saturated rings. The second kappa shape index (κ2) is 7.95. The summed E-state index contributed by atoms with van der Waals surface area (Å²) in [6.45, 7) is 2.01. The van der Waals surface area contributed by atoms with Crippen LogP contribution in [0.5, 0.6) is 5.75 Å². The SMILES string of the molecule is CCc1ccc(OCC(=O)NN=Cc2ccsc2)c(Br)c1. The molecule has 4 nitrogen and oxygen atoms in total. The van der Waals surface area contributed by atoms with Gasteiger partial charge < -0.3 is 4.74 Å². The maximum absolute atomic E-state index is 11.6. The van der Waals surface area contributed by atoms with Gasteiger partial charge in [-0.2, -0.15) is 16.4 Å². The van der Waals surface area contributed by atoms with E-state index in [4.69, 9.17) is 4.74 Å². The maximum Gasteiger partial charge on any atom is 0.277 e. The third kappa shape index (κ3) is 4.99. The molecule has 0 saturated carbocycles. The molecular formula is C15H15BrN2O2S. The number of hydrazone groups is 1. The average molecular weight is 367 g/mol. The van der Waals surface area contributed by atoms with E-state index in [1.807, 2.05) is 35.0 Å². The van der Waals surface area contributed by atoms with Gasteiger partial charge in [-0.15, -0.1) is 0 Å². The Morgan fingerprint density at radius 3 is 3.00 bits per heavy atom. The first kappa shape index (κ1) is 15.7. The van der Waals surface area contributed by atoms with Gasteiger partial charge in [-0.3, -0.25) is 4.79 Å². The lowest BCUT2D eigenvalue weighted by atomic mass is 10.2. The number of hydrogen-bond donors (Lipinski definition) is 1. The molecule has 0 atom stereocenters. The zero-order chi connectivity index (χ0) is 15.1. The van der Waals surface area contributed by atoms with Crippen molar-refractivity contribution in [3.8, 4) is 5.75 Å². The Morgan fingerprint density at radius 2 is 2.33 bits per heavy atom. The fourth-order valence-corrected chi connectivity index (χ4v) is 2.74. The number of carbonyl (C=O) groups excluding carboxylic acids is 1. The van der Waals surface area contributed by atoms with Gasteiger partial charge in [-0.05, 0) is 56.9 Å². The van der Waals surface area contributed by atoms with Crippen molar-refractivity contribution in [2.45, 2.75) is 13.3 Å². The number of amides is 1. The lowest BCUT2D eigenvalue weighted by molar-refractivity contribution is -0.123. The van der Waals surface area contributed by atoms with Crippen molar-refractivity contribution < 1.29 is 9.53 Å². The summed E-state index contributed by atoms with van der Waals surface area (Å²) >= 11 is 5.01. The molecule has 0 aliphatic heterocycles. The summed E-state index contributed by atoms with van der Waals surface area (Å²) in [5.74, 6) is 0.345. The van der Waals surface area contributed by atoms with Gasteiger partial charge in [-0.25, -0.2) is 5.43 Å². The molecule has 6 heteroatoms. The van der Waals surface area contributed by atoms with Crippen LogP contribution in [-0.4, -0.2) is 18.7 Å². The normalized spacial score (nSPS) is 10.8. The minimum Gasteiger partial charge on any atom is -0.483 e. The molecule has 2 aromatic rings. The summed E-state index contributed by atoms with van der Waals surface area (Å²) < 4.78 is 6.30. The number of ether oxygens (including phenoxy) is 1. The van der Waals surface area contributed by atoms with Crippen molar-refractivity contribution in [2.24, 2.45) is 5.10 Å². The van der Waals surface area contributed by atoms with E-state index in [-0.39, 0.29) is 12.5 Å². The lowest BCUT2D eigenvalue weighted by Gasteiger charge is -2.08. The molecule has 2 rings (SSSR count). The van der Waals surface area contributed by atoms with E-state index in [1.165, 1.54) is 5.56 Å². The summed E-state index contributed by atoms with van der Waals surface area (Å²) in [6.07, 6.45) is 2.55. The Bertz CT molecular complexity index is 627. The van der Waals surface area contributed by atoms with E-state index < -0.39 is 0 Å². The molecule has 1 amide bonds. The highest BCUT2D eigenvalue weighted by Gasteiger charge is 2.05. The second-order valence-corrected chi connectivity index (χ2v) is 5.89. The topological polar surface area (TPSA) is 50.7 Å². The Hall–Kier alpha value is -1.66. The molecule has 21 heavy (non-hydrogen) atoms. The molecule has 0 saturated heterocycles. The van der Waals surface area contributed by atoms with E-state index in [9.17, 15) is 4.79 Å². The van der Waals surface area contributed by atoms with Crippen molar-refractivity contribution in [2.75, 3.05) is 6.61 Å². The molecular weight excluding hydrogens is 352 g/mol. The first-order valence-corrected chi connectivity index (χ1v) is 8.18. The number of hydrogen-bond acceptors (Lipinski definition) is 4. The number of nitrogens with zero attached hydrogens (tertiary/aromatic N) is 1. The highest BCUT2D eigenvalue weighted by molar-refractivity contribution is 9.10. The van der Waals surface area contributed by atoms with Crippen molar-refractivity contribution in [1.82, 2.24) is 5.43 Å². The predicted octanol–water partition coefficient (Wildman–Crippen LogP) is 3.60. The van der Waals surface area contributed by atoms with Gasteiger partial charge in [0.1, 0.15) is 5.75 Å². The number of nitrogens with one attached hydrogen (secondary N) is 1. The van der Waals surface area contributed by atoms with E-state index in [2.05, 4.69) is 33.4 Å². The minimum absolute atomic E-state index is 0.0783. The summed E-state index contributed by atoms with van der Waals surface area (Å²) in [6, 6.07) is 7.74. The van der Waals surface area contributed by atoms with Gasteiger partial charge in [-0.1, -0.05) is 13.0 Å². The zero-order valence-electron chi connectivity index (χ0n) is 11.5. The van der Waals surface area contributed by atoms with Crippen LogP contribution in [0, 0.1) is 0 Å². The van der Waals surface area contributed by atoms with Crippen LogP contribution in [0.2, 0.25) is 0 Å². The van der Waals surface area contributed by atoms with E-state index in [1.54, 1.807) is 17.6 Å². The van der Waals surface area contributed by atoms with E-state index >= 15 is 0 Å². The Morgan fingerprint density at radius 1 is 1.48 bits per heavy atom. The van der Waals surface area contributed by atoms with Gasteiger partial charge >= 0.3 is 0 Å². The van der Waals surface area contributed by atoms with Gasteiger partial charge in [0.15, 0.2) is 6.61 Å². The average Bonchev–Trinajstić information content (AvgIpc) is 2.99. The number of aryl methyl sites for hydroxylation is 1. The molecule has 0 unspecified atom stereocenters. The van der Waals surface area contributed by atoms with Crippen molar-refractivity contribution >= 4 is 39.4 Å². The zero-order valence-corrected chi connectivity index (χ0v) is 13.9.